The number of methoxy groups -OCH3 is 1. The molecule has 1 N–H and O–H groups in total. The van der Waals surface area contributed by atoms with E-state index in [4.69, 9.17) is 16.3 Å². The zero-order valence-corrected chi connectivity index (χ0v) is 14.6. The third-order valence-electron chi connectivity index (χ3n) is 5.06. The van der Waals surface area contributed by atoms with Crippen LogP contribution in [0.25, 0.3) is 0 Å². The Labute approximate surface area is 138 Å². The van der Waals surface area contributed by atoms with Crippen LogP contribution in [-0.2, 0) is 4.79 Å². The van der Waals surface area contributed by atoms with Crippen molar-refractivity contribution in [1.82, 2.24) is 0 Å². The molecule has 0 heterocycles. The molecule has 1 aliphatic carbocycles. The summed E-state index contributed by atoms with van der Waals surface area (Å²) in [6.07, 6.45) is 4.93. The number of benzene rings is 1. The van der Waals surface area contributed by atoms with E-state index in [0.717, 1.165) is 0 Å². The van der Waals surface area contributed by atoms with E-state index in [0.29, 0.717) is 27.0 Å². The lowest BCUT2D eigenvalue weighted by atomic mass is 10.1. The molecule has 1 aromatic carbocycles. The van der Waals surface area contributed by atoms with Gasteiger partial charge in [0.1, 0.15) is 5.75 Å². The monoisotopic (exact) mass is 325 g/mol. The maximum absolute atomic E-state index is 12.7. The second-order valence-electron chi connectivity index (χ2n) is 6.58. The molecule has 1 saturated carbocycles. The molecule has 2 rings (SSSR count). The Morgan fingerprint density at radius 3 is 2.59 bits per heavy atom. The van der Waals surface area contributed by atoms with E-state index in [2.05, 4.69) is 19.4 Å². The number of nitrogens with zero attached hydrogens (tertiary/aromatic N) is 1. The van der Waals surface area contributed by atoms with Gasteiger partial charge in [-0.25, -0.2) is 0 Å². The Morgan fingerprint density at radius 1 is 1.36 bits per heavy atom. The van der Waals surface area contributed by atoms with E-state index in [-0.39, 0.29) is 11.9 Å². The maximum atomic E-state index is 12.7. The fourth-order valence-corrected chi connectivity index (χ4v) is 3.38. The summed E-state index contributed by atoms with van der Waals surface area (Å²) in [5.74, 6) is 0.619. The quantitative estimate of drug-likeness (QED) is 0.838. The van der Waals surface area contributed by atoms with Crippen LogP contribution in [0.3, 0.4) is 0 Å². The Kier molecular flexibility index (Phi) is 5.35. The van der Waals surface area contributed by atoms with Crippen molar-refractivity contribution >= 4 is 23.2 Å². The highest BCUT2D eigenvalue weighted by Gasteiger charge is 2.39. The minimum absolute atomic E-state index is 0.00235. The molecule has 0 saturated heterocycles. The minimum atomic E-state index is -0.133. The number of quaternary nitrogens is 1. The average Bonchev–Trinajstić information content (AvgIpc) is 3.01. The van der Waals surface area contributed by atoms with E-state index < -0.39 is 0 Å². The highest BCUT2D eigenvalue weighted by Crippen LogP contribution is 2.31. The third kappa shape index (κ3) is 3.55. The molecule has 1 amide bonds. The van der Waals surface area contributed by atoms with E-state index >= 15 is 0 Å². The number of carbonyl (C=O) groups excluding carboxylic acids is 1. The van der Waals surface area contributed by atoms with Crippen LogP contribution >= 0.6 is 11.6 Å². The molecule has 1 aromatic rings. The summed E-state index contributed by atoms with van der Waals surface area (Å²) in [5, 5.41) is 3.54. The van der Waals surface area contributed by atoms with Crippen LogP contribution < -0.4 is 10.1 Å². The van der Waals surface area contributed by atoms with Crippen molar-refractivity contribution < 1.29 is 14.0 Å². The number of hydrogen-bond acceptors (Lipinski definition) is 2. The normalized spacial score (nSPS) is 17.3. The lowest BCUT2D eigenvalue weighted by Gasteiger charge is -2.40. The highest BCUT2D eigenvalue weighted by molar-refractivity contribution is 6.31. The van der Waals surface area contributed by atoms with Crippen molar-refractivity contribution in [2.24, 2.45) is 0 Å². The van der Waals surface area contributed by atoms with Crippen LogP contribution in [0.4, 0.5) is 5.69 Å². The summed E-state index contributed by atoms with van der Waals surface area (Å²) in [5.41, 5.74) is 0.623. The van der Waals surface area contributed by atoms with Crippen molar-refractivity contribution in [3.05, 3.63) is 23.2 Å². The van der Waals surface area contributed by atoms with Crippen molar-refractivity contribution in [1.29, 1.82) is 0 Å². The second-order valence-corrected chi connectivity index (χ2v) is 7.01. The zero-order chi connectivity index (χ0) is 16.3. The van der Waals surface area contributed by atoms with Crippen molar-refractivity contribution in [2.75, 3.05) is 26.5 Å². The van der Waals surface area contributed by atoms with Crippen LogP contribution in [0.15, 0.2) is 18.2 Å². The van der Waals surface area contributed by atoms with Gasteiger partial charge in [-0.15, -0.1) is 0 Å². The van der Waals surface area contributed by atoms with Gasteiger partial charge >= 0.3 is 0 Å². The van der Waals surface area contributed by atoms with E-state index in [1.165, 1.54) is 25.7 Å². The van der Waals surface area contributed by atoms with Crippen molar-refractivity contribution in [3.63, 3.8) is 0 Å². The van der Waals surface area contributed by atoms with Crippen molar-refractivity contribution in [2.45, 2.75) is 44.7 Å². The van der Waals surface area contributed by atoms with Crippen LogP contribution in [0.1, 0.15) is 32.6 Å². The number of anilines is 1. The van der Waals surface area contributed by atoms with Gasteiger partial charge in [-0.3, -0.25) is 4.79 Å². The number of halogens is 1. The van der Waals surface area contributed by atoms with E-state index in [1.807, 2.05) is 6.92 Å². The largest absolute Gasteiger partial charge is 0.495 e. The number of likely N-dealkylation sites (N-methyl/N-ethyl adjacent to an activating group) is 1. The summed E-state index contributed by atoms with van der Waals surface area (Å²) < 4.78 is 6.00. The molecule has 0 unspecified atom stereocenters. The van der Waals surface area contributed by atoms with Gasteiger partial charge in [0.25, 0.3) is 5.91 Å². The number of hydrogen-bond donors (Lipinski definition) is 1. The number of nitrogens with one attached hydrogen (secondary N) is 1. The molecule has 0 radical (unpaired) electrons. The molecule has 4 nitrogen and oxygen atoms in total. The number of rotatable bonds is 5. The van der Waals surface area contributed by atoms with Gasteiger partial charge in [0, 0.05) is 5.02 Å². The molecule has 122 valence electrons. The Balaban J connectivity index is 2.12. The highest BCUT2D eigenvalue weighted by atomic mass is 35.5. The summed E-state index contributed by atoms with van der Waals surface area (Å²) in [6.45, 7) is 1.99. The lowest BCUT2D eigenvalue weighted by molar-refractivity contribution is -0.927. The molecule has 0 bridgehead atoms. The third-order valence-corrected chi connectivity index (χ3v) is 5.30. The summed E-state index contributed by atoms with van der Waals surface area (Å²) in [4.78, 5) is 12.7. The molecule has 22 heavy (non-hydrogen) atoms. The van der Waals surface area contributed by atoms with Gasteiger partial charge < -0.3 is 14.5 Å². The first kappa shape index (κ1) is 17.1. The lowest BCUT2D eigenvalue weighted by Crippen LogP contribution is -2.58. The summed E-state index contributed by atoms with van der Waals surface area (Å²) in [7, 11) is 5.88. The van der Waals surface area contributed by atoms with Crippen LogP contribution in [-0.4, -0.2) is 43.7 Å². The molecule has 0 aromatic heterocycles. The first-order chi connectivity index (χ1) is 10.4. The molecule has 0 aliphatic heterocycles. The van der Waals surface area contributed by atoms with Crippen LogP contribution in [0.2, 0.25) is 5.02 Å². The molecule has 1 aliphatic rings. The molecule has 0 spiro atoms. The summed E-state index contributed by atoms with van der Waals surface area (Å²) in [6, 6.07) is 5.66. The molecule has 5 heteroatoms. The molecule has 1 fully saturated rings. The molecule has 1 atom stereocenters. The van der Waals surface area contributed by atoms with Crippen molar-refractivity contribution in [3.8, 4) is 5.75 Å². The average molecular weight is 326 g/mol. The summed E-state index contributed by atoms with van der Waals surface area (Å²) >= 11 is 6.02. The predicted octanol–water partition coefficient (Wildman–Crippen LogP) is 3.69. The minimum Gasteiger partial charge on any atom is -0.495 e. The van der Waals surface area contributed by atoms with Gasteiger partial charge in [-0.1, -0.05) is 11.6 Å². The Hall–Kier alpha value is -1.26. The molecular weight excluding hydrogens is 300 g/mol. The topological polar surface area (TPSA) is 38.3 Å². The second kappa shape index (κ2) is 6.88. The number of ether oxygens (including phenoxy) is 1. The first-order valence-corrected chi connectivity index (χ1v) is 8.21. The molecular formula is C17H26ClN2O2+. The van der Waals surface area contributed by atoms with Crippen LogP contribution in [0, 0.1) is 0 Å². The van der Waals surface area contributed by atoms with E-state index in [1.54, 1.807) is 25.3 Å². The van der Waals surface area contributed by atoms with Gasteiger partial charge in [-0.2, -0.15) is 0 Å². The fraction of sp³-hybridized carbons (Fsp3) is 0.588. The van der Waals surface area contributed by atoms with Gasteiger partial charge in [-0.05, 0) is 50.8 Å². The first-order valence-electron chi connectivity index (χ1n) is 7.84. The van der Waals surface area contributed by atoms with Gasteiger partial charge in [0.2, 0.25) is 0 Å². The predicted molar refractivity (Wildman–Crippen MR) is 90.5 cm³/mol. The zero-order valence-electron chi connectivity index (χ0n) is 13.9. The Morgan fingerprint density at radius 2 is 2.00 bits per heavy atom. The Bertz CT molecular complexity index is 539. The fourth-order valence-electron chi connectivity index (χ4n) is 3.20. The standard InChI is InChI=1S/C17H25ClN2O2/c1-12(20(2,3)14-7-5-6-8-14)17(21)19-15-11-13(18)9-10-16(15)22-4/h9-12,14H,5-8H2,1-4H3/p+1/t12-/m1/s1. The smallest absolute Gasteiger partial charge is 0.282 e. The number of carbonyl (C=O) groups is 1. The maximum Gasteiger partial charge on any atom is 0.282 e. The van der Waals surface area contributed by atoms with Crippen LogP contribution in [0.5, 0.6) is 5.75 Å². The van der Waals surface area contributed by atoms with Gasteiger partial charge in [0.05, 0.1) is 32.9 Å². The SMILES string of the molecule is COc1ccc(Cl)cc1NC(=O)[C@@H](C)[N+](C)(C)C1CCCC1. The van der Waals surface area contributed by atoms with Gasteiger partial charge in [0.15, 0.2) is 6.04 Å². The number of amides is 1. The van der Waals surface area contributed by atoms with E-state index in [9.17, 15) is 4.79 Å².